The Morgan fingerprint density at radius 2 is 1.89 bits per heavy atom. The summed E-state index contributed by atoms with van der Waals surface area (Å²) in [4.78, 5) is 25.2. The molecule has 1 heterocycles. The average Bonchev–Trinajstić information content (AvgIpc) is 2.64. The van der Waals surface area contributed by atoms with E-state index in [1.807, 2.05) is 45.0 Å². The summed E-state index contributed by atoms with van der Waals surface area (Å²) in [5, 5.41) is 5.67. The maximum absolute atomic E-state index is 12.9. The standard InChI is InChI=1S/C22H32N2O4/c1-5-7-10-14-27-18-13-9-8-12-16(18)20-19(21(25)28-15(3)4)17(11-6-2)23-22(26)24-20/h8-9,12-13,15,20H,5-7,10-11,14H2,1-4H3,(H2,23,24,26). The molecule has 0 radical (unpaired) electrons. The molecule has 0 spiro atoms. The van der Waals surface area contributed by atoms with Crippen molar-refractivity contribution in [1.29, 1.82) is 0 Å². The fourth-order valence-corrected chi connectivity index (χ4v) is 3.20. The molecule has 1 aliphatic heterocycles. The van der Waals surface area contributed by atoms with Crippen LogP contribution in [0.4, 0.5) is 4.79 Å². The molecule has 0 aromatic heterocycles. The second-order valence-corrected chi connectivity index (χ2v) is 7.22. The molecule has 1 atom stereocenters. The molecule has 2 N–H and O–H groups in total. The first-order valence-electron chi connectivity index (χ1n) is 10.2. The van der Waals surface area contributed by atoms with E-state index in [-0.39, 0.29) is 12.1 Å². The molecule has 1 aromatic rings. The number of esters is 1. The maximum atomic E-state index is 12.9. The number of para-hydroxylation sites is 1. The first-order chi connectivity index (χ1) is 13.5. The van der Waals surface area contributed by atoms with Crippen LogP contribution in [0.2, 0.25) is 0 Å². The van der Waals surface area contributed by atoms with E-state index in [0.717, 1.165) is 31.2 Å². The van der Waals surface area contributed by atoms with Crippen LogP contribution in [0.3, 0.4) is 0 Å². The van der Waals surface area contributed by atoms with Gasteiger partial charge in [-0.05, 0) is 32.8 Å². The topological polar surface area (TPSA) is 76.7 Å². The molecule has 0 aliphatic carbocycles. The second kappa shape index (κ2) is 10.7. The summed E-state index contributed by atoms with van der Waals surface area (Å²) < 4.78 is 11.5. The predicted octanol–water partition coefficient (Wildman–Crippen LogP) is 4.62. The lowest BCUT2D eigenvalue weighted by molar-refractivity contribution is -0.143. The van der Waals surface area contributed by atoms with E-state index in [1.54, 1.807) is 0 Å². The first kappa shape index (κ1) is 21.8. The Bertz CT molecular complexity index is 712. The number of allylic oxidation sites excluding steroid dienone is 1. The minimum absolute atomic E-state index is 0.248. The molecule has 1 unspecified atom stereocenters. The Hall–Kier alpha value is -2.50. The van der Waals surface area contributed by atoms with Crippen molar-refractivity contribution in [2.75, 3.05) is 6.61 Å². The number of rotatable bonds is 10. The van der Waals surface area contributed by atoms with Crippen LogP contribution in [0.25, 0.3) is 0 Å². The highest BCUT2D eigenvalue weighted by atomic mass is 16.5. The van der Waals surface area contributed by atoms with Gasteiger partial charge in [0.2, 0.25) is 0 Å². The molecule has 1 aliphatic rings. The fraction of sp³-hybridized carbons (Fsp3) is 0.545. The van der Waals surface area contributed by atoms with Crippen molar-refractivity contribution < 1.29 is 19.1 Å². The highest BCUT2D eigenvalue weighted by Crippen LogP contribution is 2.34. The van der Waals surface area contributed by atoms with Gasteiger partial charge in [0, 0.05) is 11.3 Å². The largest absolute Gasteiger partial charge is 0.493 e. The number of hydrogen-bond acceptors (Lipinski definition) is 4. The normalized spacial score (nSPS) is 16.6. The number of unbranched alkanes of at least 4 members (excludes halogenated alkanes) is 2. The molecule has 2 amide bonds. The van der Waals surface area contributed by atoms with E-state index in [2.05, 4.69) is 17.6 Å². The van der Waals surface area contributed by atoms with Gasteiger partial charge in [0.15, 0.2) is 0 Å². The number of urea groups is 1. The Labute approximate surface area is 167 Å². The van der Waals surface area contributed by atoms with Crippen molar-refractivity contribution in [1.82, 2.24) is 10.6 Å². The minimum atomic E-state index is -0.607. The SMILES string of the molecule is CCCCCOc1ccccc1C1NC(=O)NC(CCC)=C1C(=O)OC(C)C. The quantitative estimate of drug-likeness (QED) is 0.453. The first-order valence-corrected chi connectivity index (χ1v) is 10.2. The van der Waals surface area contributed by atoms with Crippen LogP contribution in [0.1, 0.15) is 71.4 Å². The third kappa shape index (κ3) is 5.75. The smallest absolute Gasteiger partial charge is 0.338 e. The van der Waals surface area contributed by atoms with Crippen LogP contribution in [0.5, 0.6) is 5.75 Å². The van der Waals surface area contributed by atoms with Crippen molar-refractivity contribution in [3.63, 3.8) is 0 Å². The molecule has 6 nitrogen and oxygen atoms in total. The summed E-state index contributed by atoms with van der Waals surface area (Å²) >= 11 is 0. The molecule has 2 rings (SSSR count). The van der Waals surface area contributed by atoms with Crippen molar-refractivity contribution in [3.05, 3.63) is 41.1 Å². The summed E-state index contributed by atoms with van der Waals surface area (Å²) in [6.45, 7) is 8.37. The van der Waals surface area contributed by atoms with Crippen LogP contribution in [0, 0.1) is 0 Å². The van der Waals surface area contributed by atoms with Gasteiger partial charge in [-0.25, -0.2) is 9.59 Å². The van der Waals surface area contributed by atoms with Gasteiger partial charge >= 0.3 is 12.0 Å². The molecule has 0 bridgehead atoms. The molecule has 0 saturated heterocycles. The number of amides is 2. The molecule has 0 saturated carbocycles. The minimum Gasteiger partial charge on any atom is -0.493 e. The molecule has 0 fully saturated rings. The third-order valence-corrected chi connectivity index (χ3v) is 4.45. The number of hydrogen-bond donors (Lipinski definition) is 2. The molecule has 6 heteroatoms. The van der Waals surface area contributed by atoms with Crippen LogP contribution < -0.4 is 15.4 Å². The van der Waals surface area contributed by atoms with E-state index in [4.69, 9.17) is 9.47 Å². The Kier molecular flexibility index (Phi) is 8.36. The Balaban J connectivity index is 2.41. The van der Waals surface area contributed by atoms with E-state index in [1.165, 1.54) is 0 Å². The third-order valence-electron chi connectivity index (χ3n) is 4.45. The van der Waals surface area contributed by atoms with Crippen molar-refractivity contribution in [3.8, 4) is 5.75 Å². The van der Waals surface area contributed by atoms with Crippen molar-refractivity contribution >= 4 is 12.0 Å². The van der Waals surface area contributed by atoms with E-state index < -0.39 is 12.0 Å². The molecular weight excluding hydrogens is 356 g/mol. The van der Waals surface area contributed by atoms with Gasteiger partial charge in [0.25, 0.3) is 0 Å². The van der Waals surface area contributed by atoms with Gasteiger partial charge in [0.05, 0.1) is 24.3 Å². The number of benzene rings is 1. The van der Waals surface area contributed by atoms with Gasteiger partial charge in [-0.15, -0.1) is 0 Å². The number of carbonyl (C=O) groups excluding carboxylic acids is 2. The van der Waals surface area contributed by atoms with E-state index in [9.17, 15) is 9.59 Å². The van der Waals surface area contributed by atoms with E-state index >= 15 is 0 Å². The zero-order valence-corrected chi connectivity index (χ0v) is 17.3. The zero-order chi connectivity index (χ0) is 20.5. The predicted molar refractivity (Wildman–Crippen MR) is 109 cm³/mol. The van der Waals surface area contributed by atoms with Crippen LogP contribution in [-0.4, -0.2) is 24.7 Å². The molecule has 28 heavy (non-hydrogen) atoms. The van der Waals surface area contributed by atoms with Gasteiger partial charge in [0.1, 0.15) is 5.75 Å². The second-order valence-electron chi connectivity index (χ2n) is 7.22. The van der Waals surface area contributed by atoms with Crippen LogP contribution >= 0.6 is 0 Å². The van der Waals surface area contributed by atoms with Crippen LogP contribution in [0.15, 0.2) is 35.5 Å². The Morgan fingerprint density at radius 3 is 2.57 bits per heavy atom. The van der Waals surface area contributed by atoms with E-state index in [0.29, 0.717) is 30.0 Å². The summed E-state index contributed by atoms with van der Waals surface area (Å²) in [7, 11) is 0. The van der Waals surface area contributed by atoms with Gasteiger partial charge in [-0.2, -0.15) is 0 Å². The maximum Gasteiger partial charge on any atom is 0.338 e. The zero-order valence-electron chi connectivity index (χ0n) is 17.3. The number of nitrogens with one attached hydrogen (secondary N) is 2. The van der Waals surface area contributed by atoms with Gasteiger partial charge < -0.3 is 20.1 Å². The van der Waals surface area contributed by atoms with Crippen molar-refractivity contribution in [2.45, 2.75) is 71.9 Å². The Morgan fingerprint density at radius 1 is 1.14 bits per heavy atom. The summed E-state index contributed by atoms with van der Waals surface area (Å²) in [5.41, 5.74) is 1.82. The van der Waals surface area contributed by atoms with Gasteiger partial charge in [-0.1, -0.05) is 51.3 Å². The average molecular weight is 389 g/mol. The van der Waals surface area contributed by atoms with Crippen LogP contribution in [-0.2, 0) is 9.53 Å². The highest BCUT2D eigenvalue weighted by Gasteiger charge is 2.35. The highest BCUT2D eigenvalue weighted by molar-refractivity contribution is 5.95. The molecule has 154 valence electrons. The summed E-state index contributed by atoms with van der Waals surface area (Å²) in [5.74, 6) is 0.258. The lowest BCUT2D eigenvalue weighted by Gasteiger charge is -2.30. The summed E-state index contributed by atoms with van der Waals surface area (Å²) in [6.07, 6.45) is 4.31. The fourth-order valence-electron chi connectivity index (χ4n) is 3.20. The molecule has 1 aromatic carbocycles. The lowest BCUT2D eigenvalue weighted by atomic mass is 9.93. The molecular formula is C22H32N2O4. The number of carbonyl (C=O) groups is 2. The number of ether oxygens (including phenoxy) is 2. The van der Waals surface area contributed by atoms with Crippen molar-refractivity contribution in [2.24, 2.45) is 0 Å². The van der Waals surface area contributed by atoms with Gasteiger partial charge in [-0.3, -0.25) is 0 Å². The monoisotopic (exact) mass is 388 g/mol. The summed E-state index contributed by atoms with van der Waals surface area (Å²) in [6, 6.07) is 6.61. The lowest BCUT2D eigenvalue weighted by Crippen LogP contribution is -2.46.